The van der Waals surface area contributed by atoms with Gasteiger partial charge in [-0.15, -0.1) is 0 Å². The van der Waals surface area contributed by atoms with Crippen molar-refractivity contribution in [3.8, 4) is 0 Å². The number of nitrogens with one attached hydrogen (secondary N) is 7. The number of carbonyl (C=O) groups is 13. The number of rotatable bonds is 37. The molecule has 1 fully saturated rings. The van der Waals surface area contributed by atoms with Gasteiger partial charge in [0.25, 0.3) is 0 Å². The Labute approximate surface area is 440 Å². The number of guanidine groups is 2. The van der Waals surface area contributed by atoms with Gasteiger partial charge in [-0.3, -0.25) is 72.3 Å². The third-order valence-electron chi connectivity index (χ3n) is 11.2. The minimum Gasteiger partial charge on any atom is -0.481 e. The first kappa shape index (κ1) is 66.0. The normalized spacial score (nSPS) is 15.5. The standard InChI is InChI=1S/C43H72N16O16S/c1-21(60)52-23(10-13-31(62)63)36(70)55-25(11-14-32(64)65)38(72)56-26(15-19-76-2)39(73)54-24(9-12-30(44)61)37(71)53-22(6-3-16-50-42(46)47)35(69)57-27(7-4-17-51-43(48)49)41(75)59-18-5-8-29(59)40(74)58-28(34(45)68)20-33(66)67/h22-29H,3-20H2,1-2H3,(H2,44,61)(H2,45,68)(H,52,60)(H,53,71)(H,54,73)(H,55,70)(H,56,72)(H,57,69)(H,58,74)(H,62,63)(H,64,65)(H,66,67)(H4,46,47,50)(H4,48,49,51)/t22-,23-,24-,25-,26-,27-,28-,29-/m0/s1. The minimum atomic E-state index is -1.66. The fourth-order valence-corrected chi connectivity index (χ4v) is 7.91. The number of amides is 10. The van der Waals surface area contributed by atoms with Gasteiger partial charge in [0.1, 0.15) is 48.3 Å². The second-order valence-corrected chi connectivity index (χ2v) is 18.3. The molecule has 0 spiro atoms. The molecule has 1 heterocycles. The van der Waals surface area contributed by atoms with Crippen molar-refractivity contribution in [2.24, 2.45) is 44.4 Å². The van der Waals surface area contributed by atoms with Crippen molar-refractivity contribution in [3.63, 3.8) is 0 Å². The predicted octanol–water partition coefficient (Wildman–Crippen LogP) is -6.79. The molecule has 33 heteroatoms. The van der Waals surface area contributed by atoms with Crippen LogP contribution < -0.4 is 71.6 Å². The highest BCUT2D eigenvalue weighted by Gasteiger charge is 2.40. The van der Waals surface area contributed by atoms with E-state index in [-0.39, 0.29) is 82.3 Å². The van der Waals surface area contributed by atoms with Crippen LogP contribution in [-0.4, -0.2) is 189 Å². The summed E-state index contributed by atoms with van der Waals surface area (Å²) in [5, 5.41) is 44.6. The quantitative estimate of drug-likeness (QED) is 0.0156. The number of aliphatic imine (C=N–C) groups is 2. The van der Waals surface area contributed by atoms with Crippen LogP contribution in [0.3, 0.4) is 0 Å². The smallest absolute Gasteiger partial charge is 0.305 e. The van der Waals surface area contributed by atoms with Crippen molar-refractivity contribution in [2.75, 3.05) is 31.6 Å². The Balaban J connectivity index is 3.65. The van der Waals surface area contributed by atoms with E-state index in [0.29, 0.717) is 0 Å². The lowest BCUT2D eigenvalue weighted by atomic mass is 10.0. The van der Waals surface area contributed by atoms with Crippen molar-refractivity contribution in [1.29, 1.82) is 0 Å². The molecule has 8 atom stereocenters. The van der Waals surface area contributed by atoms with Crippen LogP contribution in [0.25, 0.3) is 0 Å². The van der Waals surface area contributed by atoms with Gasteiger partial charge in [0.05, 0.1) is 6.42 Å². The predicted molar refractivity (Wildman–Crippen MR) is 270 cm³/mol. The van der Waals surface area contributed by atoms with E-state index in [4.69, 9.17) is 39.5 Å². The summed E-state index contributed by atoms with van der Waals surface area (Å²) < 4.78 is 0. The Morgan fingerprint density at radius 3 is 1.34 bits per heavy atom. The number of thioether (sulfide) groups is 1. The van der Waals surface area contributed by atoms with Crippen LogP contribution in [0.2, 0.25) is 0 Å². The average Bonchev–Trinajstić information content (AvgIpc) is 3.82. The first-order chi connectivity index (χ1) is 35.7. The van der Waals surface area contributed by atoms with Gasteiger partial charge in [-0.05, 0) is 76.2 Å². The molecule has 1 aliphatic heterocycles. The zero-order valence-corrected chi connectivity index (χ0v) is 43.0. The molecule has 32 nitrogen and oxygen atoms in total. The molecule has 22 N–H and O–H groups in total. The maximum atomic E-state index is 14.3. The molecule has 1 rings (SSSR count). The Morgan fingerprint density at radius 2 is 0.947 bits per heavy atom. The zero-order valence-electron chi connectivity index (χ0n) is 42.2. The van der Waals surface area contributed by atoms with Gasteiger partial charge in [-0.2, -0.15) is 11.8 Å². The molecule has 0 saturated carbocycles. The Kier molecular flexibility index (Phi) is 30.0. The van der Waals surface area contributed by atoms with Crippen molar-refractivity contribution in [3.05, 3.63) is 0 Å². The monoisotopic (exact) mass is 1100 g/mol. The highest BCUT2D eigenvalue weighted by Crippen LogP contribution is 2.21. The van der Waals surface area contributed by atoms with Crippen molar-refractivity contribution < 1.29 is 77.6 Å². The summed E-state index contributed by atoms with van der Waals surface area (Å²) in [7, 11) is 0. The van der Waals surface area contributed by atoms with E-state index in [2.05, 4.69) is 47.2 Å². The van der Waals surface area contributed by atoms with Gasteiger partial charge in [0.2, 0.25) is 59.1 Å². The van der Waals surface area contributed by atoms with Crippen LogP contribution in [0.1, 0.15) is 96.8 Å². The van der Waals surface area contributed by atoms with Gasteiger partial charge in [-0.25, -0.2) is 0 Å². The highest BCUT2D eigenvalue weighted by molar-refractivity contribution is 7.98. The molecule has 10 amide bonds. The first-order valence-corrected chi connectivity index (χ1v) is 25.3. The van der Waals surface area contributed by atoms with Gasteiger partial charge in [-0.1, -0.05) is 0 Å². The number of nitrogens with zero attached hydrogens (tertiary/aromatic N) is 3. The van der Waals surface area contributed by atoms with Gasteiger partial charge in [0, 0.05) is 45.8 Å². The van der Waals surface area contributed by atoms with E-state index in [0.717, 1.165) is 11.8 Å². The third-order valence-corrected chi connectivity index (χ3v) is 11.8. The summed E-state index contributed by atoms with van der Waals surface area (Å²) in [5.41, 5.74) is 32.6. The Bertz CT molecular complexity index is 2160. The molecule has 76 heavy (non-hydrogen) atoms. The van der Waals surface area contributed by atoms with Crippen LogP contribution in [-0.2, 0) is 62.3 Å². The number of nitrogens with two attached hydrogens (primary N) is 6. The number of carboxylic acid groups (broad SMARTS) is 3. The number of carbonyl (C=O) groups excluding carboxylic acids is 10. The summed E-state index contributed by atoms with van der Waals surface area (Å²) in [5.74, 6) is -14.1. The first-order valence-electron chi connectivity index (χ1n) is 23.9. The molecule has 426 valence electrons. The second kappa shape index (κ2) is 34.5. The van der Waals surface area contributed by atoms with E-state index in [1.54, 1.807) is 6.26 Å². The molecule has 0 unspecified atom stereocenters. The number of hydrogen-bond acceptors (Lipinski definition) is 16. The molecule has 1 saturated heterocycles. The minimum absolute atomic E-state index is 0.0129. The Morgan fingerprint density at radius 1 is 0.539 bits per heavy atom. The van der Waals surface area contributed by atoms with Crippen LogP contribution in [0.5, 0.6) is 0 Å². The number of primary amides is 2. The van der Waals surface area contributed by atoms with E-state index >= 15 is 0 Å². The summed E-state index contributed by atoms with van der Waals surface area (Å²) in [6.45, 7) is 0.956. The summed E-state index contributed by atoms with van der Waals surface area (Å²) in [6, 6.07) is -12.1. The molecular weight excluding hydrogens is 1030 g/mol. The average molecular weight is 1100 g/mol. The largest absolute Gasteiger partial charge is 0.481 e. The number of carboxylic acids is 3. The van der Waals surface area contributed by atoms with Crippen LogP contribution in [0.4, 0.5) is 0 Å². The Hall–Kier alpha value is -8.00. The van der Waals surface area contributed by atoms with E-state index < -0.39 is 170 Å². The van der Waals surface area contributed by atoms with Crippen molar-refractivity contribution in [1.82, 2.24) is 42.1 Å². The molecule has 0 aromatic rings. The van der Waals surface area contributed by atoms with Crippen LogP contribution >= 0.6 is 11.8 Å². The second-order valence-electron chi connectivity index (χ2n) is 17.4. The lowest BCUT2D eigenvalue weighted by Gasteiger charge is -2.31. The van der Waals surface area contributed by atoms with Crippen LogP contribution in [0, 0.1) is 0 Å². The van der Waals surface area contributed by atoms with Crippen molar-refractivity contribution >= 4 is 101 Å². The maximum Gasteiger partial charge on any atom is 0.305 e. The zero-order chi connectivity index (χ0) is 57.7. The summed E-state index contributed by atoms with van der Waals surface area (Å²) in [6.07, 6.45) is -2.36. The van der Waals surface area contributed by atoms with Gasteiger partial charge >= 0.3 is 17.9 Å². The topological polar surface area (TPSA) is 551 Å². The molecular formula is C43H72N16O16S. The highest BCUT2D eigenvalue weighted by atomic mass is 32.2. The van der Waals surface area contributed by atoms with Crippen LogP contribution in [0.15, 0.2) is 9.98 Å². The van der Waals surface area contributed by atoms with Crippen molar-refractivity contribution in [2.45, 2.75) is 145 Å². The lowest BCUT2D eigenvalue weighted by Crippen LogP contribution is -2.60. The SMILES string of the molecule is CSCC[C@H](NC(=O)[C@H](CCC(=O)O)NC(=O)[C@H](CCC(=O)O)NC(C)=O)C(=O)N[C@@H](CCC(N)=O)C(=O)N[C@@H](CCCN=C(N)N)C(=O)N[C@@H](CCCN=C(N)N)C(=O)N1CCC[C@H]1C(=O)N[C@@H](CC(=O)O)C(N)=O. The third kappa shape index (κ3) is 26.3. The molecule has 0 bridgehead atoms. The lowest BCUT2D eigenvalue weighted by molar-refractivity contribution is -0.143. The fraction of sp³-hybridized carbons (Fsp3) is 0.651. The van der Waals surface area contributed by atoms with E-state index in [1.165, 1.54) is 11.8 Å². The van der Waals surface area contributed by atoms with E-state index in [1.807, 2.05) is 0 Å². The maximum absolute atomic E-state index is 14.3. The molecule has 1 aliphatic rings. The molecule has 0 aromatic carbocycles. The van der Waals surface area contributed by atoms with E-state index in [9.17, 15) is 72.5 Å². The molecule has 0 radical (unpaired) electrons. The molecule has 0 aromatic heterocycles. The van der Waals surface area contributed by atoms with Gasteiger partial charge < -0.3 is 91.8 Å². The molecule has 0 aliphatic carbocycles. The van der Waals surface area contributed by atoms with Gasteiger partial charge in [0.15, 0.2) is 11.9 Å². The summed E-state index contributed by atoms with van der Waals surface area (Å²) >= 11 is 1.24. The fourth-order valence-electron chi connectivity index (χ4n) is 7.44. The number of hydrogen-bond donors (Lipinski definition) is 16. The number of likely N-dealkylation sites (tertiary alicyclic amines) is 1. The number of aliphatic carboxylic acids is 3. The summed E-state index contributed by atoms with van der Waals surface area (Å²) in [4.78, 5) is 176.